The van der Waals surface area contributed by atoms with Crippen molar-refractivity contribution in [3.63, 3.8) is 0 Å². The molecule has 17 heavy (non-hydrogen) atoms. The molecule has 1 rings (SSSR count). The van der Waals surface area contributed by atoms with Gasteiger partial charge in [-0.2, -0.15) is 0 Å². The van der Waals surface area contributed by atoms with Crippen LogP contribution in [0.4, 0.5) is 11.4 Å². The van der Waals surface area contributed by atoms with E-state index in [2.05, 4.69) is 5.32 Å². The molecule has 5 nitrogen and oxygen atoms in total. The monoisotopic (exact) mass is 255 g/mol. The normalized spacial score (nSPS) is 11.0. The lowest BCUT2D eigenvalue weighted by Crippen LogP contribution is -2.14. The number of primary sulfonamides is 1. The Morgan fingerprint density at radius 2 is 2.06 bits per heavy atom. The molecule has 0 unspecified atom stereocenters. The van der Waals surface area contributed by atoms with Gasteiger partial charge >= 0.3 is 0 Å². The maximum Gasteiger partial charge on any atom is 0.240 e. The van der Waals surface area contributed by atoms with Crippen LogP contribution >= 0.6 is 0 Å². The first-order valence-corrected chi connectivity index (χ1v) is 6.65. The largest absolute Gasteiger partial charge is 0.398 e. The maximum atomic E-state index is 11.1. The van der Waals surface area contributed by atoms with E-state index in [1.165, 1.54) is 11.6 Å². The summed E-state index contributed by atoms with van der Waals surface area (Å²) in [5.74, 6) is 0. The molecule has 0 radical (unpaired) electrons. The molecule has 0 spiro atoms. The van der Waals surface area contributed by atoms with E-state index in [0.717, 1.165) is 5.69 Å². The van der Waals surface area contributed by atoms with E-state index in [9.17, 15) is 8.42 Å². The smallest absolute Gasteiger partial charge is 0.240 e. The molecular formula is C11H17N3O2S. The van der Waals surface area contributed by atoms with Crippen LogP contribution in [0.1, 0.15) is 13.8 Å². The van der Waals surface area contributed by atoms with E-state index in [1.54, 1.807) is 12.1 Å². The van der Waals surface area contributed by atoms with Gasteiger partial charge in [-0.15, -0.1) is 0 Å². The van der Waals surface area contributed by atoms with Crippen molar-refractivity contribution in [2.75, 3.05) is 17.6 Å². The van der Waals surface area contributed by atoms with Gasteiger partial charge in [-0.25, -0.2) is 13.6 Å². The summed E-state index contributed by atoms with van der Waals surface area (Å²) in [7, 11) is -3.75. The van der Waals surface area contributed by atoms with Crippen molar-refractivity contribution in [3.05, 3.63) is 29.8 Å². The Hall–Kier alpha value is -1.53. The van der Waals surface area contributed by atoms with Crippen LogP contribution in [-0.2, 0) is 10.0 Å². The predicted molar refractivity (Wildman–Crippen MR) is 70.1 cm³/mol. The number of allylic oxidation sites excluding steroid dienone is 1. The van der Waals surface area contributed by atoms with E-state index >= 15 is 0 Å². The van der Waals surface area contributed by atoms with Gasteiger partial charge in [0.1, 0.15) is 4.90 Å². The zero-order chi connectivity index (χ0) is 13.1. The Morgan fingerprint density at radius 3 is 2.53 bits per heavy atom. The van der Waals surface area contributed by atoms with Gasteiger partial charge in [0, 0.05) is 12.2 Å². The summed E-state index contributed by atoms with van der Waals surface area (Å²) in [6.07, 6.45) is 2.02. The van der Waals surface area contributed by atoms with Gasteiger partial charge in [0.25, 0.3) is 0 Å². The van der Waals surface area contributed by atoms with Crippen LogP contribution in [0.2, 0.25) is 0 Å². The van der Waals surface area contributed by atoms with Gasteiger partial charge in [0.05, 0.1) is 5.69 Å². The highest BCUT2D eigenvalue weighted by Crippen LogP contribution is 2.21. The highest BCUT2D eigenvalue weighted by atomic mass is 32.2. The van der Waals surface area contributed by atoms with Gasteiger partial charge in [-0.05, 0) is 32.0 Å². The number of benzene rings is 1. The van der Waals surface area contributed by atoms with Gasteiger partial charge in [-0.1, -0.05) is 11.6 Å². The second kappa shape index (κ2) is 5.20. The Bertz CT molecular complexity index is 532. The lowest BCUT2D eigenvalue weighted by atomic mass is 10.2. The first-order valence-electron chi connectivity index (χ1n) is 5.10. The molecule has 0 aliphatic heterocycles. The quantitative estimate of drug-likeness (QED) is 0.557. The van der Waals surface area contributed by atoms with Crippen molar-refractivity contribution in [1.29, 1.82) is 0 Å². The summed E-state index contributed by atoms with van der Waals surface area (Å²) in [5, 5.41) is 8.11. The molecule has 0 aromatic heterocycles. The van der Waals surface area contributed by atoms with E-state index < -0.39 is 10.0 Å². The first-order chi connectivity index (χ1) is 7.80. The zero-order valence-corrected chi connectivity index (χ0v) is 10.7. The minimum atomic E-state index is -3.75. The number of sulfonamides is 1. The summed E-state index contributed by atoms with van der Waals surface area (Å²) in [6.45, 7) is 4.66. The maximum absolute atomic E-state index is 11.1. The molecule has 0 atom stereocenters. The van der Waals surface area contributed by atoms with Crippen LogP contribution in [0.5, 0.6) is 0 Å². The molecule has 0 fully saturated rings. The van der Waals surface area contributed by atoms with Crippen molar-refractivity contribution < 1.29 is 8.42 Å². The fourth-order valence-electron chi connectivity index (χ4n) is 1.29. The van der Waals surface area contributed by atoms with Crippen molar-refractivity contribution >= 4 is 21.4 Å². The number of hydrogen-bond acceptors (Lipinski definition) is 4. The molecule has 0 aliphatic carbocycles. The summed E-state index contributed by atoms with van der Waals surface area (Å²) in [6, 6.07) is 4.59. The van der Waals surface area contributed by atoms with Crippen molar-refractivity contribution in [1.82, 2.24) is 0 Å². The molecule has 0 saturated carbocycles. The Labute approximate surface area is 102 Å². The number of anilines is 2. The summed E-state index contributed by atoms with van der Waals surface area (Å²) in [4.78, 5) is -0.0507. The van der Waals surface area contributed by atoms with Gasteiger partial charge in [0.15, 0.2) is 0 Å². The Kier molecular flexibility index (Phi) is 4.14. The molecule has 0 saturated heterocycles. The van der Waals surface area contributed by atoms with Crippen LogP contribution in [-0.4, -0.2) is 15.0 Å². The number of rotatable bonds is 4. The molecule has 1 aromatic rings. The number of nitrogens with two attached hydrogens (primary N) is 2. The third-order valence-electron chi connectivity index (χ3n) is 2.13. The van der Waals surface area contributed by atoms with Gasteiger partial charge in [-0.3, -0.25) is 0 Å². The lowest BCUT2D eigenvalue weighted by Gasteiger charge is -2.08. The minimum absolute atomic E-state index is 0.0507. The fourth-order valence-corrected chi connectivity index (χ4v) is 1.94. The van der Waals surface area contributed by atoms with Crippen LogP contribution in [0.25, 0.3) is 0 Å². The van der Waals surface area contributed by atoms with Crippen LogP contribution in [0.3, 0.4) is 0 Å². The van der Waals surface area contributed by atoms with Crippen molar-refractivity contribution in [2.24, 2.45) is 5.14 Å². The molecule has 5 N–H and O–H groups in total. The zero-order valence-electron chi connectivity index (χ0n) is 9.90. The predicted octanol–water partition coefficient (Wildman–Crippen LogP) is 1.29. The second-order valence-corrected chi connectivity index (χ2v) is 5.49. The Morgan fingerprint density at radius 1 is 1.41 bits per heavy atom. The molecule has 0 bridgehead atoms. The van der Waals surface area contributed by atoms with Gasteiger partial charge in [0.2, 0.25) is 10.0 Å². The summed E-state index contributed by atoms with van der Waals surface area (Å²) < 4.78 is 22.3. The molecule has 1 aromatic carbocycles. The standard InChI is InChI=1S/C11H17N3O2S/c1-8(2)5-6-14-9-3-4-11(10(12)7-9)17(13,15)16/h3-5,7,14H,6,12H2,1-2H3,(H2,13,15,16). The highest BCUT2D eigenvalue weighted by Gasteiger charge is 2.11. The van der Waals surface area contributed by atoms with Crippen LogP contribution in [0, 0.1) is 0 Å². The summed E-state index contributed by atoms with van der Waals surface area (Å²) >= 11 is 0. The average molecular weight is 255 g/mol. The van der Waals surface area contributed by atoms with Crippen molar-refractivity contribution in [3.8, 4) is 0 Å². The molecule has 6 heteroatoms. The van der Waals surface area contributed by atoms with E-state index in [-0.39, 0.29) is 10.6 Å². The van der Waals surface area contributed by atoms with E-state index in [4.69, 9.17) is 10.9 Å². The van der Waals surface area contributed by atoms with Crippen LogP contribution in [0.15, 0.2) is 34.7 Å². The third-order valence-corrected chi connectivity index (χ3v) is 3.12. The molecular weight excluding hydrogens is 238 g/mol. The number of hydrogen-bond donors (Lipinski definition) is 3. The topological polar surface area (TPSA) is 98.2 Å². The van der Waals surface area contributed by atoms with Gasteiger partial charge < -0.3 is 11.1 Å². The molecule has 0 amide bonds. The van der Waals surface area contributed by atoms with Crippen LogP contribution < -0.4 is 16.2 Å². The number of nitrogen functional groups attached to an aromatic ring is 1. The minimum Gasteiger partial charge on any atom is -0.398 e. The van der Waals surface area contributed by atoms with E-state index in [0.29, 0.717) is 6.54 Å². The molecule has 0 heterocycles. The highest BCUT2D eigenvalue weighted by molar-refractivity contribution is 7.89. The van der Waals surface area contributed by atoms with Crippen molar-refractivity contribution in [2.45, 2.75) is 18.7 Å². The van der Waals surface area contributed by atoms with E-state index in [1.807, 2.05) is 19.9 Å². The SMILES string of the molecule is CC(C)=CCNc1ccc(S(N)(=O)=O)c(N)c1. The lowest BCUT2D eigenvalue weighted by molar-refractivity contribution is 0.598. The number of nitrogens with one attached hydrogen (secondary N) is 1. The molecule has 94 valence electrons. The molecule has 0 aliphatic rings. The second-order valence-electron chi connectivity index (χ2n) is 3.96. The average Bonchev–Trinajstić information content (AvgIpc) is 2.14. The Balaban J connectivity index is 2.87. The fraction of sp³-hybridized carbons (Fsp3) is 0.273. The summed E-state index contributed by atoms with van der Waals surface area (Å²) in [5.41, 5.74) is 7.73. The third kappa shape index (κ3) is 4.08. The first kappa shape index (κ1) is 13.5.